The summed E-state index contributed by atoms with van der Waals surface area (Å²) in [5, 5.41) is 1.10. The summed E-state index contributed by atoms with van der Waals surface area (Å²) in [6.07, 6.45) is 4.00. The van der Waals surface area contributed by atoms with Gasteiger partial charge in [-0.1, -0.05) is 58.1 Å². The molecule has 1 amide bonds. The van der Waals surface area contributed by atoms with Crippen LogP contribution in [-0.4, -0.2) is 33.3 Å². The number of amides is 1. The van der Waals surface area contributed by atoms with Crippen LogP contribution in [0.1, 0.15) is 5.56 Å². The first-order valence-electron chi connectivity index (χ1n) is 8.71. The molecule has 0 aliphatic carbocycles. The number of likely N-dealkylation sites (N-methyl/N-ethyl adjacent to an activating group) is 1. The number of carbonyl (C=O) groups is 1. The molecule has 2 aromatic carbocycles. The topological polar surface area (TPSA) is 34.5 Å². The number of para-hydroxylation sites is 1. The first-order chi connectivity index (χ1) is 13.5. The van der Waals surface area contributed by atoms with Crippen molar-refractivity contribution in [3.63, 3.8) is 0 Å². The molecule has 0 saturated carbocycles. The predicted molar refractivity (Wildman–Crippen MR) is 123 cm³/mol. The van der Waals surface area contributed by atoms with E-state index in [1.165, 1.54) is 16.7 Å². The van der Waals surface area contributed by atoms with E-state index in [0.717, 1.165) is 26.7 Å². The maximum atomic E-state index is 12.3. The quantitative estimate of drug-likeness (QED) is 0.372. The summed E-state index contributed by atoms with van der Waals surface area (Å²) < 4.78 is 9.63. The molecular weight excluding hydrogens is 456 g/mol. The molecule has 7 heteroatoms. The number of thiocarbonyl (C=S) groups is 1. The summed E-state index contributed by atoms with van der Waals surface area (Å²) in [5.74, 6) is 0.789. The van der Waals surface area contributed by atoms with Crippen molar-refractivity contribution in [3.8, 4) is 5.75 Å². The number of thioether (sulfide) groups is 1. The molecule has 4 nitrogen and oxygen atoms in total. The van der Waals surface area contributed by atoms with E-state index in [1.54, 1.807) is 7.05 Å². The number of halogens is 1. The first kappa shape index (κ1) is 19.2. The summed E-state index contributed by atoms with van der Waals surface area (Å²) in [6.45, 7) is 1.26. The van der Waals surface area contributed by atoms with Gasteiger partial charge in [0, 0.05) is 34.2 Å². The second-order valence-corrected chi connectivity index (χ2v) is 8.93. The molecule has 0 radical (unpaired) electrons. The van der Waals surface area contributed by atoms with E-state index in [-0.39, 0.29) is 5.91 Å². The van der Waals surface area contributed by atoms with E-state index in [1.807, 2.05) is 42.5 Å². The highest BCUT2D eigenvalue weighted by Crippen LogP contribution is 2.33. The largest absolute Gasteiger partial charge is 0.492 e. The molecular formula is C21H17BrN2O2S2. The van der Waals surface area contributed by atoms with Crippen LogP contribution < -0.4 is 4.74 Å². The van der Waals surface area contributed by atoms with Crippen LogP contribution >= 0.6 is 39.9 Å². The Bertz CT molecular complexity index is 1090. The highest BCUT2D eigenvalue weighted by Gasteiger charge is 2.29. The number of hydrogen-bond acceptors (Lipinski definition) is 4. The second kappa shape index (κ2) is 8.11. The summed E-state index contributed by atoms with van der Waals surface area (Å²) in [5.41, 5.74) is 2.12. The molecule has 0 spiro atoms. The fourth-order valence-corrected chi connectivity index (χ4v) is 4.49. The lowest BCUT2D eigenvalue weighted by Crippen LogP contribution is -2.22. The fraction of sp³-hybridized carbons (Fsp3) is 0.143. The van der Waals surface area contributed by atoms with Crippen LogP contribution in [0.15, 0.2) is 64.1 Å². The van der Waals surface area contributed by atoms with Crippen LogP contribution in [0.4, 0.5) is 0 Å². The van der Waals surface area contributed by atoms with Gasteiger partial charge in [-0.2, -0.15) is 0 Å². The predicted octanol–water partition coefficient (Wildman–Crippen LogP) is 5.31. The van der Waals surface area contributed by atoms with Crippen molar-refractivity contribution in [1.82, 2.24) is 9.47 Å². The number of hydrogen-bond donors (Lipinski definition) is 0. The van der Waals surface area contributed by atoms with Crippen LogP contribution in [0.3, 0.4) is 0 Å². The van der Waals surface area contributed by atoms with Crippen molar-refractivity contribution in [3.05, 3.63) is 69.7 Å². The molecule has 0 atom stereocenters. The summed E-state index contributed by atoms with van der Waals surface area (Å²) in [4.78, 5) is 14.5. The Kier molecular flexibility index (Phi) is 5.57. The molecule has 2 heterocycles. The smallest absolute Gasteiger partial charge is 0.265 e. The van der Waals surface area contributed by atoms with Crippen molar-refractivity contribution in [2.45, 2.75) is 6.54 Å². The van der Waals surface area contributed by atoms with E-state index in [4.69, 9.17) is 17.0 Å². The highest BCUT2D eigenvalue weighted by molar-refractivity contribution is 9.10. The van der Waals surface area contributed by atoms with Gasteiger partial charge in [-0.15, -0.1) is 0 Å². The maximum absolute atomic E-state index is 12.3. The molecule has 0 unspecified atom stereocenters. The van der Waals surface area contributed by atoms with Crippen molar-refractivity contribution < 1.29 is 9.53 Å². The van der Waals surface area contributed by atoms with Crippen LogP contribution in [0.2, 0.25) is 0 Å². The number of aromatic nitrogens is 1. The molecule has 1 aliphatic heterocycles. The van der Waals surface area contributed by atoms with Crippen LogP contribution in [0, 0.1) is 0 Å². The Morgan fingerprint density at radius 3 is 2.64 bits per heavy atom. The number of rotatable bonds is 5. The lowest BCUT2D eigenvalue weighted by atomic mass is 10.1. The average molecular weight is 473 g/mol. The third kappa shape index (κ3) is 3.87. The summed E-state index contributed by atoms with van der Waals surface area (Å²) in [7, 11) is 1.71. The Morgan fingerprint density at radius 1 is 1.18 bits per heavy atom. The van der Waals surface area contributed by atoms with Gasteiger partial charge in [0.25, 0.3) is 5.91 Å². The van der Waals surface area contributed by atoms with Crippen LogP contribution in [-0.2, 0) is 11.3 Å². The third-order valence-electron chi connectivity index (χ3n) is 4.51. The van der Waals surface area contributed by atoms with Gasteiger partial charge in [0.2, 0.25) is 0 Å². The van der Waals surface area contributed by atoms with Crippen molar-refractivity contribution >= 4 is 67.1 Å². The van der Waals surface area contributed by atoms with Gasteiger partial charge < -0.3 is 9.30 Å². The summed E-state index contributed by atoms with van der Waals surface area (Å²) in [6, 6.07) is 16.0. The van der Waals surface area contributed by atoms with Crippen molar-refractivity contribution in [2.24, 2.45) is 0 Å². The van der Waals surface area contributed by atoms with Gasteiger partial charge in [-0.05, 0) is 36.4 Å². The van der Waals surface area contributed by atoms with E-state index in [2.05, 4.69) is 38.8 Å². The van der Waals surface area contributed by atoms with Crippen molar-refractivity contribution in [1.29, 1.82) is 0 Å². The number of ether oxygens (including phenoxy) is 1. The van der Waals surface area contributed by atoms with E-state index in [0.29, 0.717) is 22.4 Å². The minimum Gasteiger partial charge on any atom is -0.492 e. The SMILES string of the molecule is CN1C(=O)/C(=C\c2cn(CCOc3ccc(Br)cc3)c3ccccc23)SC1=S. The minimum absolute atomic E-state index is 0.0506. The standard InChI is InChI=1S/C21H17BrN2O2S2/c1-23-20(25)19(28-21(23)27)12-14-13-24(18-5-3-2-4-17(14)18)10-11-26-16-8-6-15(22)7-9-16/h2-9,12-13H,10-11H2,1H3/b19-12+. The average Bonchev–Trinajstić information content (AvgIpc) is 3.16. The molecule has 1 aliphatic rings. The zero-order valence-corrected chi connectivity index (χ0v) is 18.3. The summed E-state index contributed by atoms with van der Waals surface area (Å²) >= 11 is 10.00. The van der Waals surface area contributed by atoms with E-state index >= 15 is 0 Å². The fourth-order valence-electron chi connectivity index (χ4n) is 3.05. The third-order valence-corrected chi connectivity index (χ3v) is 6.52. The molecule has 142 valence electrons. The lowest BCUT2D eigenvalue weighted by Gasteiger charge is -2.08. The van der Waals surface area contributed by atoms with Crippen LogP contribution in [0.5, 0.6) is 5.75 Å². The second-order valence-electron chi connectivity index (χ2n) is 6.34. The molecule has 3 aromatic rings. The van der Waals surface area contributed by atoms with Gasteiger partial charge in [0.1, 0.15) is 16.7 Å². The Morgan fingerprint density at radius 2 is 1.93 bits per heavy atom. The molecule has 0 bridgehead atoms. The van der Waals surface area contributed by atoms with Crippen molar-refractivity contribution in [2.75, 3.05) is 13.7 Å². The zero-order valence-electron chi connectivity index (χ0n) is 15.1. The van der Waals surface area contributed by atoms with Crippen LogP contribution in [0.25, 0.3) is 17.0 Å². The number of nitrogens with zero attached hydrogens (tertiary/aromatic N) is 2. The van der Waals surface area contributed by atoms with E-state index in [9.17, 15) is 4.79 Å². The normalized spacial score (nSPS) is 15.8. The minimum atomic E-state index is -0.0506. The zero-order chi connectivity index (χ0) is 19.7. The molecule has 4 rings (SSSR count). The molecule has 1 fully saturated rings. The Labute approximate surface area is 181 Å². The number of carbonyl (C=O) groups excluding carboxylic acids is 1. The number of fused-ring (bicyclic) bond motifs is 1. The Hall–Kier alpha value is -2.09. The molecule has 0 N–H and O–H groups in total. The number of benzene rings is 2. The van der Waals surface area contributed by atoms with Gasteiger partial charge in [0.05, 0.1) is 11.4 Å². The molecule has 1 saturated heterocycles. The van der Waals surface area contributed by atoms with Gasteiger partial charge in [-0.25, -0.2) is 0 Å². The van der Waals surface area contributed by atoms with E-state index < -0.39 is 0 Å². The van der Waals surface area contributed by atoms with Gasteiger partial charge in [0.15, 0.2) is 0 Å². The van der Waals surface area contributed by atoms with Gasteiger partial charge in [-0.3, -0.25) is 9.69 Å². The first-order valence-corrected chi connectivity index (χ1v) is 10.7. The molecule has 28 heavy (non-hydrogen) atoms. The highest BCUT2D eigenvalue weighted by atomic mass is 79.9. The molecule has 1 aromatic heterocycles. The monoisotopic (exact) mass is 472 g/mol. The lowest BCUT2D eigenvalue weighted by molar-refractivity contribution is -0.121. The van der Waals surface area contributed by atoms with Gasteiger partial charge >= 0.3 is 0 Å². The Balaban J connectivity index is 1.57. The maximum Gasteiger partial charge on any atom is 0.265 e.